The van der Waals surface area contributed by atoms with Crippen molar-refractivity contribution >= 4 is 10.0 Å². The Labute approximate surface area is 107 Å². The Morgan fingerprint density at radius 1 is 1.44 bits per heavy atom. The van der Waals surface area contributed by atoms with Crippen LogP contribution in [0.2, 0.25) is 0 Å². The van der Waals surface area contributed by atoms with Gasteiger partial charge in [0, 0.05) is 13.6 Å². The van der Waals surface area contributed by atoms with E-state index < -0.39 is 10.0 Å². The molecule has 1 aliphatic heterocycles. The maximum atomic E-state index is 12.2. The highest BCUT2D eigenvalue weighted by Gasteiger charge is 2.22. The van der Waals surface area contributed by atoms with Gasteiger partial charge in [0.1, 0.15) is 5.75 Å². The summed E-state index contributed by atoms with van der Waals surface area (Å²) in [4.78, 5) is 0.253. The molecule has 0 saturated carbocycles. The first-order chi connectivity index (χ1) is 8.55. The second-order valence-corrected chi connectivity index (χ2v) is 6.32. The summed E-state index contributed by atoms with van der Waals surface area (Å²) < 4.78 is 31.0. The third-order valence-electron chi connectivity index (χ3n) is 3.00. The molecule has 18 heavy (non-hydrogen) atoms. The lowest BCUT2D eigenvalue weighted by molar-refractivity contribution is 0.266. The van der Waals surface area contributed by atoms with Crippen molar-refractivity contribution < 1.29 is 18.3 Å². The van der Waals surface area contributed by atoms with Crippen molar-refractivity contribution in [3.63, 3.8) is 0 Å². The topological polar surface area (TPSA) is 66.8 Å². The number of aliphatic hydroxyl groups excluding tert-OH is 1. The van der Waals surface area contributed by atoms with Gasteiger partial charge in [0.2, 0.25) is 10.0 Å². The Morgan fingerprint density at radius 3 is 2.94 bits per heavy atom. The van der Waals surface area contributed by atoms with Crippen LogP contribution in [0.15, 0.2) is 23.1 Å². The van der Waals surface area contributed by atoms with Crippen molar-refractivity contribution in [2.75, 3.05) is 26.8 Å². The number of benzene rings is 1. The molecule has 1 aromatic rings. The van der Waals surface area contributed by atoms with E-state index in [0.717, 1.165) is 28.5 Å². The number of hydrogen-bond donors (Lipinski definition) is 1. The largest absolute Gasteiger partial charge is 0.493 e. The fraction of sp³-hybridized carbons (Fsp3) is 0.500. The molecular formula is C12H17NO4S. The average Bonchev–Trinajstić information content (AvgIpc) is 2.38. The summed E-state index contributed by atoms with van der Waals surface area (Å²) >= 11 is 0. The summed E-state index contributed by atoms with van der Waals surface area (Å²) in [6, 6.07) is 4.92. The zero-order valence-corrected chi connectivity index (χ0v) is 11.1. The monoisotopic (exact) mass is 271 g/mol. The summed E-state index contributed by atoms with van der Waals surface area (Å²) in [6.07, 6.45) is 1.74. The molecular weight excluding hydrogens is 254 g/mol. The van der Waals surface area contributed by atoms with Gasteiger partial charge in [0.25, 0.3) is 0 Å². The van der Waals surface area contributed by atoms with Gasteiger partial charge in [-0.1, -0.05) is 0 Å². The molecule has 0 bridgehead atoms. The van der Waals surface area contributed by atoms with E-state index in [-0.39, 0.29) is 18.0 Å². The van der Waals surface area contributed by atoms with Gasteiger partial charge >= 0.3 is 0 Å². The maximum Gasteiger partial charge on any atom is 0.242 e. The van der Waals surface area contributed by atoms with Gasteiger partial charge in [-0.15, -0.1) is 0 Å². The normalized spacial score (nSPS) is 15.3. The summed E-state index contributed by atoms with van der Waals surface area (Å²) in [5, 5.41) is 8.81. The lowest BCUT2D eigenvalue weighted by Gasteiger charge is -2.20. The molecule has 0 saturated heterocycles. The number of likely N-dealkylation sites (N-methyl/N-ethyl adjacent to an activating group) is 1. The molecule has 100 valence electrons. The van der Waals surface area contributed by atoms with E-state index in [1.165, 1.54) is 7.05 Å². The van der Waals surface area contributed by atoms with E-state index in [4.69, 9.17) is 9.84 Å². The van der Waals surface area contributed by atoms with Crippen molar-refractivity contribution in [1.29, 1.82) is 0 Å². The standard InChI is InChI=1S/C12H17NO4S/c1-13(6-7-14)18(15,16)11-4-5-12-10(9-11)3-2-8-17-12/h4-5,9,14H,2-3,6-8H2,1H3. The molecule has 0 fully saturated rings. The van der Waals surface area contributed by atoms with Crippen molar-refractivity contribution in [3.05, 3.63) is 23.8 Å². The SMILES string of the molecule is CN(CCO)S(=O)(=O)c1ccc2c(c1)CCCO2. The zero-order valence-electron chi connectivity index (χ0n) is 10.3. The van der Waals surface area contributed by atoms with Crippen LogP contribution in [0.25, 0.3) is 0 Å². The highest BCUT2D eigenvalue weighted by Crippen LogP contribution is 2.28. The molecule has 1 N–H and O–H groups in total. The molecule has 1 heterocycles. The summed E-state index contributed by atoms with van der Waals surface area (Å²) in [5.41, 5.74) is 0.930. The van der Waals surface area contributed by atoms with Crippen LogP contribution in [0, 0.1) is 0 Å². The number of rotatable bonds is 4. The second-order valence-electron chi connectivity index (χ2n) is 4.27. The predicted molar refractivity (Wildman–Crippen MR) is 67.2 cm³/mol. The van der Waals surface area contributed by atoms with E-state index in [1.807, 2.05) is 0 Å². The zero-order chi connectivity index (χ0) is 13.2. The molecule has 0 amide bonds. The van der Waals surface area contributed by atoms with Crippen LogP contribution < -0.4 is 4.74 Å². The van der Waals surface area contributed by atoms with Gasteiger partial charge < -0.3 is 9.84 Å². The predicted octanol–water partition coefficient (Wildman–Crippen LogP) is 0.624. The third kappa shape index (κ3) is 2.50. The molecule has 1 aromatic carbocycles. The first kappa shape index (κ1) is 13.3. The fourth-order valence-corrected chi connectivity index (χ4v) is 3.15. The minimum atomic E-state index is -3.52. The summed E-state index contributed by atoms with van der Waals surface area (Å²) in [6.45, 7) is 0.587. The van der Waals surface area contributed by atoms with Gasteiger partial charge in [0.15, 0.2) is 0 Å². The Kier molecular flexibility index (Phi) is 3.89. The lowest BCUT2D eigenvalue weighted by atomic mass is 10.1. The Bertz CT molecular complexity index is 527. The van der Waals surface area contributed by atoms with Crippen molar-refractivity contribution in [2.24, 2.45) is 0 Å². The smallest absolute Gasteiger partial charge is 0.242 e. The highest BCUT2D eigenvalue weighted by molar-refractivity contribution is 7.89. The van der Waals surface area contributed by atoms with Gasteiger partial charge in [-0.05, 0) is 36.6 Å². The molecule has 0 aromatic heterocycles. The quantitative estimate of drug-likeness (QED) is 0.872. The minimum Gasteiger partial charge on any atom is -0.493 e. The number of nitrogens with zero attached hydrogens (tertiary/aromatic N) is 1. The van der Waals surface area contributed by atoms with Crippen LogP contribution in [0.3, 0.4) is 0 Å². The lowest BCUT2D eigenvalue weighted by Crippen LogP contribution is -2.29. The number of aryl methyl sites for hydroxylation is 1. The Hall–Kier alpha value is -1.11. The fourth-order valence-electron chi connectivity index (χ4n) is 1.94. The van der Waals surface area contributed by atoms with Gasteiger partial charge in [-0.25, -0.2) is 8.42 Å². The van der Waals surface area contributed by atoms with Crippen LogP contribution in [-0.2, 0) is 16.4 Å². The van der Waals surface area contributed by atoms with Crippen molar-refractivity contribution in [1.82, 2.24) is 4.31 Å². The van der Waals surface area contributed by atoms with E-state index in [1.54, 1.807) is 18.2 Å². The van der Waals surface area contributed by atoms with Gasteiger partial charge in [-0.2, -0.15) is 4.31 Å². The minimum absolute atomic E-state index is 0.0932. The van der Waals surface area contributed by atoms with Gasteiger partial charge in [-0.3, -0.25) is 0 Å². The first-order valence-electron chi connectivity index (χ1n) is 5.88. The Morgan fingerprint density at radius 2 is 2.22 bits per heavy atom. The van der Waals surface area contributed by atoms with Crippen LogP contribution in [0.5, 0.6) is 5.75 Å². The number of hydrogen-bond acceptors (Lipinski definition) is 4. The molecule has 2 rings (SSSR count). The van der Waals surface area contributed by atoms with Crippen LogP contribution in [0.4, 0.5) is 0 Å². The third-order valence-corrected chi connectivity index (χ3v) is 4.86. The van der Waals surface area contributed by atoms with Crippen LogP contribution in [-0.4, -0.2) is 44.6 Å². The Balaban J connectivity index is 2.33. The second kappa shape index (κ2) is 5.26. The molecule has 0 atom stereocenters. The maximum absolute atomic E-state index is 12.2. The van der Waals surface area contributed by atoms with E-state index >= 15 is 0 Å². The number of aliphatic hydroxyl groups is 1. The summed E-state index contributed by atoms with van der Waals surface area (Å²) in [7, 11) is -2.06. The highest BCUT2D eigenvalue weighted by atomic mass is 32.2. The molecule has 0 radical (unpaired) electrons. The van der Waals surface area contributed by atoms with E-state index in [2.05, 4.69) is 0 Å². The summed E-state index contributed by atoms with van der Waals surface area (Å²) in [5.74, 6) is 0.769. The van der Waals surface area contributed by atoms with Crippen LogP contribution >= 0.6 is 0 Å². The average molecular weight is 271 g/mol. The molecule has 6 heteroatoms. The molecule has 1 aliphatic rings. The number of sulfonamides is 1. The van der Waals surface area contributed by atoms with Crippen molar-refractivity contribution in [2.45, 2.75) is 17.7 Å². The molecule has 0 unspecified atom stereocenters. The number of fused-ring (bicyclic) bond motifs is 1. The van der Waals surface area contributed by atoms with E-state index in [9.17, 15) is 8.42 Å². The van der Waals surface area contributed by atoms with Crippen LogP contribution in [0.1, 0.15) is 12.0 Å². The number of ether oxygens (including phenoxy) is 1. The van der Waals surface area contributed by atoms with E-state index in [0.29, 0.717) is 6.61 Å². The molecule has 0 spiro atoms. The van der Waals surface area contributed by atoms with Gasteiger partial charge in [0.05, 0.1) is 18.1 Å². The molecule has 5 nitrogen and oxygen atoms in total. The van der Waals surface area contributed by atoms with Crippen molar-refractivity contribution in [3.8, 4) is 5.75 Å². The first-order valence-corrected chi connectivity index (χ1v) is 7.32. The molecule has 0 aliphatic carbocycles.